The number of nitrogens with one attached hydrogen (secondary N) is 1. The van der Waals surface area contributed by atoms with Crippen molar-refractivity contribution >= 4 is 23.8 Å². The zero-order chi connectivity index (χ0) is 18.4. The number of carbonyl (C=O) groups is 2. The highest BCUT2D eigenvalue weighted by Crippen LogP contribution is 2.30. The highest BCUT2D eigenvalue weighted by molar-refractivity contribution is 6.06. The maximum Gasteiger partial charge on any atom is 0.331 e. The third-order valence-electron chi connectivity index (χ3n) is 3.95. The molecule has 0 saturated carbocycles. The Morgan fingerprint density at radius 1 is 1.24 bits per heavy atom. The van der Waals surface area contributed by atoms with Gasteiger partial charge in [0, 0.05) is 6.42 Å². The van der Waals surface area contributed by atoms with Gasteiger partial charge in [-0.1, -0.05) is 36.4 Å². The number of rotatable bonds is 7. The number of aliphatic carboxylic acids is 1. The molecule has 0 spiro atoms. The molecule has 1 unspecified atom stereocenters. The van der Waals surface area contributed by atoms with Crippen LogP contribution in [0.3, 0.4) is 0 Å². The van der Waals surface area contributed by atoms with E-state index in [2.05, 4.69) is 10.4 Å². The first-order valence-corrected chi connectivity index (χ1v) is 7.59. The van der Waals surface area contributed by atoms with Crippen molar-refractivity contribution in [3.05, 3.63) is 54.1 Å². The fourth-order valence-corrected chi connectivity index (χ4v) is 2.45. The summed E-state index contributed by atoms with van der Waals surface area (Å²) in [6.45, 7) is 1.18. The molecule has 2 aromatic carbocycles. The first-order valence-electron chi connectivity index (χ1n) is 7.59. The van der Waals surface area contributed by atoms with Crippen molar-refractivity contribution in [3.63, 3.8) is 0 Å². The number of carbonyl (C=O) groups excluding carboxylic acids is 1. The Hall–Kier alpha value is -3.03. The Labute approximate surface area is 145 Å². The van der Waals surface area contributed by atoms with E-state index in [9.17, 15) is 14.7 Å². The molecule has 0 amide bonds. The lowest BCUT2D eigenvalue weighted by molar-refractivity contribution is -0.147. The van der Waals surface area contributed by atoms with Gasteiger partial charge >= 0.3 is 5.97 Å². The fourth-order valence-electron chi connectivity index (χ4n) is 2.45. The number of ketones is 1. The lowest BCUT2D eigenvalue weighted by Gasteiger charge is -2.23. The Balaban J connectivity index is 2.55. The minimum absolute atomic E-state index is 0.124. The fraction of sp³-hybridized carbons (Fsp3) is 0.167. The molecule has 0 aromatic heterocycles. The van der Waals surface area contributed by atoms with Crippen LogP contribution in [0.1, 0.15) is 12.5 Å². The van der Waals surface area contributed by atoms with Crippen molar-refractivity contribution in [1.82, 2.24) is 5.43 Å². The third-order valence-corrected chi connectivity index (χ3v) is 3.95. The van der Waals surface area contributed by atoms with E-state index < -0.39 is 17.3 Å². The van der Waals surface area contributed by atoms with Gasteiger partial charge in [-0.05, 0) is 35.7 Å². The van der Waals surface area contributed by atoms with Gasteiger partial charge in [-0.25, -0.2) is 15.6 Å². The summed E-state index contributed by atoms with van der Waals surface area (Å²) >= 11 is 0. The van der Waals surface area contributed by atoms with Crippen LogP contribution < -0.4 is 17.0 Å². The molecule has 7 nitrogen and oxygen atoms in total. The molecule has 25 heavy (non-hydrogen) atoms. The van der Waals surface area contributed by atoms with Crippen LogP contribution in [-0.2, 0) is 16.0 Å². The molecule has 1 atom stereocenters. The van der Waals surface area contributed by atoms with Crippen molar-refractivity contribution in [2.45, 2.75) is 18.9 Å². The second kappa shape index (κ2) is 7.69. The van der Waals surface area contributed by atoms with Crippen LogP contribution in [0.25, 0.3) is 11.1 Å². The van der Waals surface area contributed by atoms with Gasteiger partial charge in [-0.15, -0.1) is 0 Å². The minimum Gasteiger partial charge on any atom is -0.480 e. The Bertz CT molecular complexity index is 789. The minimum atomic E-state index is -1.98. The van der Waals surface area contributed by atoms with Crippen LogP contribution in [0, 0.1) is 0 Å². The molecule has 0 saturated heterocycles. The molecule has 0 heterocycles. The molecule has 0 fully saturated rings. The monoisotopic (exact) mass is 340 g/mol. The Morgan fingerprint density at radius 2 is 1.92 bits per heavy atom. The number of benzene rings is 2. The molecule has 0 aliphatic heterocycles. The third kappa shape index (κ3) is 4.09. The van der Waals surface area contributed by atoms with Gasteiger partial charge in [0.2, 0.25) is 0 Å². The Morgan fingerprint density at radius 3 is 2.48 bits per heavy atom. The standard InChI is InChI=1S/C18H20N4O3/c1-12(23)18(19,17(24)25)10-14-7-8-15(21-11-22-20)9-16(14)13-5-3-2-4-6-13/h2-9,11H,10,19-20H2,1H3,(H,21,22)(H,24,25). The smallest absolute Gasteiger partial charge is 0.331 e. The Kier molecular flexibility index (Phi) is 5.63. The van der Waals surface area contributed by atoms with E-state index in [1.807, 2.05) is 30.3 Å². The van der Waals surface area contributed by atoms with E-state index >= 15 is 0 Å². The molecule has 0 aliphatic rings. The van der Waals surface area contributed by atoms with E-state index in [4.69, 9.17) is 11.6 Å². The summed E-state index contributed by atoms with van der Waals surface area (Å²) in [4.78, 5) is 27.5. The van der Waals surface area contributed by atoms with Gasteiger partial charge in [-0.3, -0.25) is 4.79 Å². The topological polar surface area (TPSA) is 131 Å². The maximum absolute atomic E-state index is 11.8. The van der Waals surface area contributed by atoms with Crippen LogP contribution in [-0.4, -0.2) is 28.7 Å². The van der Waals surface area contributed by atoms with Gasteiger partial charge in [-0.2, -0.15) is 0 Å². The first kappa shape index (κ1) is 18.3. The summed E-state index contributed by atoms with van der Waals surface area (Å²) < 4.78 is 0. The summed E-state index contributed by atoms with van der Waals surface area (Å²) in [7, 11) is 0. The van der Waals surface area contributed by atoms with E-state index in [1.165, 1.54) is 13.3 Å². The lowest BCUT2D eigenvalue weighted by Crippen LogP contribution is -2.55. The van der Waals surface area contributed by atoms with Crippen molar-refractivity contribution in [3.8, 4) is 11.1 Å². The predicted molar refractivity (Wildman–Crippen MR) is 96.3 cm³/mol. The van der Waals surface area contributed by atoms with E-state index in [0.717, 1.165) is 11.1 Å². The van der Waals surface area contributed by atoms with Crippen molar-refractivity contribution < 1.29 is 14.7 Å². The van der Waals surface area contributed by atoms with Crippen molar-refractivity contribution in [1.29, 1.82) is 0 Å². The number of carboxylic acids is 1. The average Bonchev–Trinajstić information content (AvgIpc) is 2.61. The molecule has 2 rings (SSSR count). The molecule has 2 aromatic rings. The molecular formula is C18H20N4O3. The largest absolute Gasteiger partial charge is 0.480 e. The number of hydrogen-bond acceptors (Lipinski definition) is 5. The summed E-state index contributed by atoms with van der Waals surface area (Å²) in [6.07, 6.45) is 1.21. The molecule has 0 bridgehead atoms. The molecule has 0 aliphatic carbocycles. The van der Waals surface area contributed by atoms with Crippen molar-refractivity contribution in [2.24, 2.45) is 16.6 Å². The number of Topliss-reactive ketones (excluding diaryl/α,β-unsaturated/α-hetero) is 1. The highest BCUT2D eigenvalue weighted by Gasteiger charge is 2.39. The quantitative estimate of drug-likeness (QED) is 0.198. The van der Waals surface area contributed by atoms with E-state index in [1.54, 1.807) is 18.2 Å². The summed E-state index contributed by atoms with van der Waals surface area (Å²) in [5.74, 6) is 3.23. The highest BCUT2D eigenvalue weighted by atomic mass is 16.4. The summed E-state index contributed by atoms with van der Waals surface area (Å²) in [5.41, 5.74) is 9.11. The normalized spacial score (nSPS) is 13.4. The zero-order valence-corrected chi connectivity index (χ0v) is 13.8. The predicted octanol–water partition coefficient (Wildman–Crippen LogP) is 1.39. The summed E-state index contributed by atoms with van der Waals surface area (Å²) in [6, 6.07) is 14.6. The van der Waals surface area contributed by atoms with E-state index in [-0.39, 0.29) is 6.42 Å². The van der Waals surface area contributed by atoms with Gasteiger partial charge in [0.1, 0.15) is 6.34 Å². The van der Waals surface area contributed by atoms with Gasteiger partial charge in [0.15, 0.2) is 11.3 Å². The second-order valence-corrected chi connectivity index (χ2v) is 5.64. The van der Waals surface area contributed by atoms with Gasteiger partial charge in [0.05, 0.1) is 5.69 Å². The average molecular weight is 340 g/mol. The molecule has 6 N–H and O–H groups in total. The van der Waals surface area contributed by atoms with Crippen molar-refractivity contribution in [2.75, 3.05) is 0 Å². The van der Waals surface area contributed by atoms with E-state index in [0.29, 0.717) is 11.3 Å². The summed E-state index contributed by atoms with van der Waals surface area (Å²) in [5, 5.41) is 9.40. The van der Waals surface area contributed by atoms with Crippen LogP contribution in [0.4, 0.5) is 5.69 Å². The number of hydrogen-bond donors (Lipinski definition) is 4. The van der Waals surface area contributed by atoms with Crippen LogP contribution in [0.2, 0.25) is 0 Å². The number of aliphatic imine (C=N–C) groups is 1. The number of nitrogens with two attached hydrogens (primary N) is 2. The molecule has 7 heteroatoms. The van der Waals surface area contributed by atoms with Crippen LogP contribution >= 0.6 is 0 Å². The first-order chi connectivity index (χ1) is 11.9. The lowest BCUT2D eigenvalue weighted by atomic mass is 9.85. The number of nitrogens with zero attached hydrogens (tertiary/aromatic N) is 1. The second-order valence-electron chi connectivity index (χ2n) is 5.64. The van der Waals surface area contributed by atoms with Gasteiger partial charge < -0.3 is 16.3 Å². The number of hydrazine groups is 1. The van der Waals surface area contributed by atoms with Crippen LogP contribution in [0.5, 0.6) is 0 Å². The molecule has 0 radical (unpaired) electrons. The number of carboxylic acid groups (broad SMARTS) is 1. The van der Waals surface area contributed by atoms with Gasteiger partial charge in [0.25, 0.3) is 0 Å². The SMILES string of the molecule is CC(=O)C(N)(Cc1ccc(N=CNN)cc1-c1ccccc1)C(=O)O. The molecule has 130 valence electrons. The van der Waals surface area contributed by atoms with Crippen LogP contribution in [0.15, 0.2) is 53.5 Å². The zero-order valence-electron chi connectivity index (χ0n) is 13.8. The molecular weight excluding hydrogens is 320 g/mol. The maximum atomic E-state index is 11.8.